The van der Waals surface area contributed by atoms with E-state index in [1.165, 1.54) is 11.1 Å². The highest BCUT2D eigenvalue weighted by Gasteiger charge is 1.96. The third kappa shape index (κ3) is 3.77. The number of benzene rings is 1. The Bertz CT molecular complexity index is 371. The molecule has 1 aromatic rings. The molecule has 0 fully saturated rings. The normalized spacial score (nSPS) is 10.9. The second-order valence-corrected chi connectivity index (χ2v) is 3.53. The molecule has 1 heteroatoms. The fourth-order valence-corrected chi connectivity index (χ4v) is 1.49. The van der Waals surface area contributed by atoms with Crippen molar-refractivity contribution in [2.75, 3.05) is 7.11 Å². The molecule has 16 heavy (non-hydrogen) atoms. The molecule has 0 saturated heterocycles. The van der Waals surface area contributed by atoms with Gasteiger partial charge >= 0.3 is 0 Å². The van der Waals surface area contributed by atoms with Crippen molar-refractivity contribution < 1.29 is 4.74 Å². The van der Waals surface area contributed by atoms with E-state index in [0.29, 0.717) is 0 Å². The molecule has 0 saturated carbocycles. The molecule has 0 amide bonds. The van der Waals surface area contributed by atoms with Gasteiger partial charge < -0.3 is 4.74 Å². The summed E-state index contributed by atoms with van der Waals surface area (Å²) in [5, 5.41) is 0. The number of rotatable bonds is 6. The van der Waals surface area contributed by atoms with E-state index in [0.717, 1.165) is 18.6 Å². The molecule has 0 unspecified atom stereocenters. The highest BCUT2D eigenvalue weighted by molar-refractivity contribution is 5.29. The topological polar surface area (TPSA) is 9.23 Å². The fraction of sp³-hybridized carbons (Fsp3) is 0.200. The lowest BCUT2D eigenvalue weighted by molar-refractivity contribution is 0.414. The lowest BCUT2D eigenvalue weighted by Crippen LogP contribution is -1.88. The van der Waals surface area contributed by atoms with Crippen molar-refractivity contribution in [3.8, 4) is 5.75 Å². The molecule has 1 aromatic carbocycles. The molecule has 0 bridgehead atoms. The summed E-state index contributed by atoms with van der Waals surface area (Å²) in [4.78, 5) is 0. The summed E-state index contributed by atoms with van der Waals surface area (Å²) < 4.78 is 5.11. The van der Waals surface area contributed by atoms with Gasteiger partial charge in [0.15, 0.2) is 0 Å². The summed E-state index contributed by atoms with van der Waals surface area (Å²) in [6.45, 7) is 7.47. The van der Waals surface area contributed by atoms with Crippen LogP contribution >= 0.6 is 0 Å². The van der Waals surface area contributed by atoms with Gasteiger partial charge in [-0.2, -0.15) is 0 Å². The maximum atomic E-state index is 5.11. The van der Waals surface area contributed by atoms with Gasteiger partial charge in [0.2, 0.25) is 0 Å². The smallest absolute Gasteiger partial charge is 0.118 e. The van der Waals surface area contributed by atoms with Crippen molar-refractivity contribution in [3.05, 3.63) is 66.8 Å². The van der Waals surface area contributed by atoms with Crippen LogP contribution in [0, 0.1) is 0 Å². The number of allylic oxidation sites excluding steroid dienone is 4. The van der Waals surface area contributed by atoms with Crippen LogP contribution in [0.15, 0.2) is 61.2 Å². The third-order valence-corrected chi connectivity index (χ3v) is 2.46. The van der Waals surface area contributed by atoms with Crippen molar-refractivity contribution >= 4 is 0 Å². The van der Waals surface area contributed by atoms with Crippen LogP contribution in [0.5, 0.6) is 5.75 Å². The van der Waals surface area contributed by atoms with E-state index in [4.69, 9.17) is 4.74 Å². The number of methoxy groups -OCH3 is 1. The molecule has 0 atom stereocenters. The summed E-state index contributed by atoms with van der Waals surface area (Å²) in [6, 6.07) is 8.15. The van der Waals surface area contributed by atoms with Crippen LogP contribution in [0.4, 0.5) is 0 Å². The number of ether oxygens (including phenoxy) is 1. The number of aryl methyl sites for hydroxylation is 1. The average molecular weight is 214 g/mol. The highest BCUT2D eigenvalue weighted by Crippen LogP contribution is 2.14. The van der Waals surface area contributed by atoms with Gasteiger partial charge in [-0.25, -0.2) is 0 Å². The lowest BCUT2D eigenvalue weighted by Gasteiger charge is -2.04. The second kappa shape index (κ2) is 6.67. The molecule has 0 aliphatic carbocycles. The Morgan fingerprint density at radius 1 is 1.25 bits per heavy atom. The van der Waals surface area contributed by atoms with Gasteiger partial charge in [-0.3, -0.25) is 0 Å². The lowest BCUT2D eigenvalue weighted by atomic mass is 10.0. The zero-order valence-electron chi connectivity index (χ0n) is 9.78. The van der Waals surface area contributed by atoms with Crippen molar-refractivity contribution in [2.45, 2.75) is 12.8 Å². The Balaban J connectivity index is 2.56. The van der Waals surface area contributed by atoms with Crippen LogP contribution in [0.25, 0.3) is 0 Å². The van der Waals surface area contributed by atoms with E-state index in [9.17, 15) is 0 Å². The maximum Gasteiger partial charge on any atom is 0.118 e. The molecule has 0 spiro atoms. The van der Waals surface area contributed by atoms with Crippen LogP contribution in [0.3, 0.4) is 0 Å². The summed E-state index contributed by atoms with van der Waals surface area (Å²) in [5.74, 6) is 0.898. The molecular weight excluding hydrogens is 196 g/mol. The quantitative estimate of drug-likeness (QED) is 0.652. The zero-order chi connectivity index (χ0) is 11.8. The first kappa shape index (κ1) is 12.3. The van der Waals surface area contributed by atoms with E-state index in [1.807, 2.05) is 24.3 Å². The monoisotopic (exact) mass is 214 g/mol. The standard InChI is InChI=1S/C15H18O/c1-4-6-13(5-2)7-8-14-9-11-15(16-3)12-10-14/h4-6,9-12H,1-2,7-8H2,3H3/b13-6+. The first-order valence-corrected chi connectivity index (χ1v) is 5.37. The Hall–Kier alpha value is -1.76. The molecule has 0 aromatic heterocycles. The molecule has 84 valence electrons. The molecule has 0 heterocycles. The molecule has 1 nitrogen and oxygen atoms in total. The first-order valence-electron chi connectivity index (χ1n) is 5.37. The van der Waals surface area contributed by atoms with Crippen molar-refractivity contribution in [3.63, 3.8) is 0 Å². The fourth-order valence-electron chi connectivity index (χ4n) is 1.49. The number of hydrogen-bond acceptors (Lipinski definition) is 1. The SMILES string of the molecule is C=C/C=C(\C=C)CCc1ccc(OC)cc1. The summed E-state index contributed by atoms with van der Waals surface area (Å²) in [7, 11) is 1.68. The Kier molecular flexibility index (Phi) is 5.13. The second-order valence-electron chi connectivity index (χ2n) is 3.53. The predicted molar refractivity (Wildman–Crippen MR) is 69.8 cm³/mol. The van der Waals surface area contributed by atoms with E-state index < -0.39 is 0 Å². The van der Waals surface area contributed by atoms with Gasteiger partial charge in [0.1, 0.15) is 5.75 Å². The minimum atomic E-state index is 0.898. The van der Waals surface area contributed by atoms with Gasteiger partial charge in [-0.1, -0.05) is 43.5 Å². The van der Waals surface area contributed by atoms with Gasteiger partial charge in [0, 0.05) is 0 Å². The summed E-state index contributed by atoms with van der Waals surface area (Å²) in [6.07, 6.45) is 7.67. The van der Waals surface area contributed by atoms with Crippen molar-refractivity contribution in [1.29, 1.82) is 0 Å². The van der Waals surface area contributed by atoms with Crippen LogP contribution in [-0.2, 0) is 6.42 Å². The first-order chi connectivity index (χ1) is 7.80. The van der Waals surface area contributed by atoms with Gasteiger partial charge in [-0.15, -0.1) is 0 Å². The molecule has 1 rings (SSSR count). The van der Waals surface area contributed by atoms with Crippen molar-refractivity contribution in [1.82, 2.24) is 0 Å². The van der Waals surface area contributed by atoms with Gasteiger partial charge in [-0.05, 0) is 36.1 Å². The predicted octanol–water partition coefficient (Wildman–Crippen LogP) is 3.93. The minimum absolute atomic E-state index is 0.898. The van der Waals surface area contributed by atoms with Crippen LogP contribution < -0.4 is 4.74 Å². The van der Waals surface area contributed by atoms with E-state index >= 15 is 0 Å². The zero-order valence-corrected chi connectivity index (χ0v) is 9.78. The Morgan fingerprint density at radius 2 is 1.94 bits per heavy atom. The molecular formula is C15H18O. The van der Waals surface area contributed by atoms with Crippen LogP contribution in [-0.4, -0.2) is 7.11 Å². The maximum absolute atomic E-state index is 5.11. The third-order valence-electron chi connectivity index (χ3n) is 2.46. The largest absolute Gasteiger partial charge is 0.497 e. The minimum Gasteiger partial charge on any atom is -0.497 e. The van der Waals surface area contributed by atoms with E-state index in [2.05, 4.69) is 25.3 Å². The number of hydrogen-bond donors (Lipinski definition) is 0. The van der Waals surface area contributed by atoms with Gasteiger partial charge in [0.05, 0.1) is 7.11 Å². The summed E-state index contributed by atoms with van der Waals surface area (Å²) in [5.41, 5.74) is 2.52. The molecule has 0 N–H and O–H groups in total. The molecule has 0 aliphatic heterocycles. The van der Waals surface area contributed by atoms with Crippen LogP contribution in [0.1, 0.15) is 12.0 Å². The van der Waals surface area contributed by atoms with Crippen molar-refractivity contribution in [2.24, 2.45) is 0 Å². The Labute approximate surface area is 97.8 Å². The summed E-state index contributed by atoms with van der Waals surface area (Å²) >= 11 is 0. The van der Waals surface area contributed by atoms with E-state index in [1.54, 1.807) is 13.2 Å². The van der Waals surface area contributed by atoms with Gasteiger partial charge in [0.25, 0.3) is 0 Å². The highest BCUT2D eigenvalue weighted by atomic mass is 16.5. The Morgan fingerprint density at radius 3 is 2.44 bits per heavy atom. The molecule has 0 aliphatic rings. The van der Waals surface area contributed by atoms with Crippen LogP contribution in [0.2, 0.25) is 0 Å². The average Bonchev–Trinajstić information content (AvgIpc) is 2.35. The molecule has 0 radical (unpaired) electrons. The van der Waals surface area contributed by atoms with E-state index in [-0.39, 0.29) is 0 Å².